The molecule has 1 atom stereocenters. The molecule has 3 rings (SSSR count). The Bertz CT molecular complexity index is 861. The molecule has 6 heteroatoms. The lowest BCUT2D eigenvalue weighted by molar-refractivity contribution is 0.0696. The van der Waals surface area contributed by atoms with E-state index < -0.39 is 0 Å². The Kier molecular flexibility index (Phi) is 6.88. The summed E-state index contributed by atoms with van der Waals surface area (Å²) in [4.78, 5) is 25.5. The number of amides is 2. The summed E-state index contributed by atoms with van der Waals surface area (Å²) >= 11 is 0. The maximum absolute atomic E-state index is 13.0. The van der Waals surface area contributed by atoms with Gasteiger partial charge < -0.3 is 20.1 Å². The number of rotatable bonds is 6. The minimum Gasteiger partial charge on any atom is -0.496 e. The molecule has 1 aliphatic heterocycles. The van der Waals surface area contributed by atoms with E-state index in [4.69, 9.17) is 9.47 Å². The van der Waals surface area contributed by atoms with Crippen LogP contribution < -0.4 is 15.4 Å². The predicted octanol–water partition coefficient (Wildman–Crippen LogP) is 3.12. The highest BCUT2D eigenvalue weighted by molar-refractivity contribution is 6.02. The van der Waals surface area contributed by atoms with Gasteiger partial charge in [0.1, 0.15) is 5.75 Å². The standard InChI is InChI=1S/C23H28N2O4/c1-15(16-7-5-4-6-8-16)19-13-17(14-20(21(19)28-3)23(27)24-2)22(26)25-18-9-11-29-12-10-18/h4-8,13-15,18H,9-12H2,1-3H3,(H,24,27)(H,25,26). The van der Waals surface area contributed by atoms with Crippen LogP contribution in [0.15, 0.2) is 42.5 Å². The van der Waals surface area contributed by atoms with Gasteiger partial charge in [-0.1, -0.05) is 37.3 Å². The van der Waals surface area contributed by atoms with Crippen molar-refractivity contribution in [2.24, 2.45) is 0 Å². The van der Waals surface area contributed by atoms with E-state index in [2.05, 4.69) is 10.6 Å². The van der Waals surface area contributed by atoms with Crippen molar-refractivity contribution in [3.8, 4) is 5.75 Å². The van der Waals surface area contributed by atoms with Crippen molar-refractivity contribution in [2.45, 2.75) is 31.7 Å². The van der Waals surface area contributed by atoms with Crippen molar-refractivity contribution in [3.05, 3.63) is 64.7 Å². The normalized spacial score (nSPS) is 15.4. The maximum Gasteiger partial charge on any atom is 0.254 e. The second-order valence-electron chi connectivity index (χ2n) is 7.22. The first-order valence-corrected chi connectivity index (χ1v) is 9.92. The summed E-state index contributed by atoms with van der Waals surface area (Å²) in [5.74, 6) is -0.0380. The topological polar surface area (TPSA) is 76.7 Å². The lowest BCUT2D eigenvalue weighted by Crippen LogP contribution is -2.39. The van der Waals surface area contributed by atoms with Gasteiger partial charge in [0, 0.05) is 43.3 Å². The van der Waals surface area contributed by atoms with Crippen LogP contribution in [0.1, 0.15) is 57.5 Å². The zero-order valence-corrected chi connectivity index (χ0v) is 17.2. The molecule has 0 aliphatic carbocycles. The van der Waals surface area contributed by atoms with Crippen molar-refractivity contribution in [1.29, 1.82) is 0 Å². The number of benzene rings is 2. The van der Waals surface area contributed by atoms with Gasteiger partial charge in [0.15, 0.2) is 0 Å². The number of hydrogen-bond donors (Lipinski definition) is 2. The smallest absolute Gasteiger partial charge is 0.254 e. The van der Waals surface area contributed by atoms with E-state index in [0.717, 1.165) is 24.0 Å². The molecule has 29 heavy (non-hydrogen) atoms. The second kappa shape index (κ2) is 9.56. The Balaban J connectivity index is 2.02. The van der Waals surface area contributed by atoms with Crippen molar-refractivity contribution in [3.63, 3.8) is 0 Å². The number of nitrogens with one attached hydrogen (secondary N) is 2. The highest BCUT2D eigenvalue weighted by Crippen LogP contribution is 2.35. The third-order valence-corrected chi connectivity index (χ3v) is 5.38. The van der Waals surface area contributed by atoms with E-state index in [-0.39, 0.29) is 23.8 Å². The summed E-state index contributed by atoms with van der Waals surface area (Å²) in [5.41, 5.74) is 2.69. The molecule has 1 fully saturated rings. The molecule has 2 aromatic carbocycles. The fourth-order valence-corrected chi connectivity index (χ4v) is 3.67. The molecule has 1 aliphatic rings. The maximum atomic E-state index is 13.0. The zero-order chi connectivity index (χ0) is 20.8. The summed E-state index contributed by atoms with van der Waals surface area (Å²) in [6.45, 7) is 3.33. The Morgan fingerprint density at radius 2 is 1.79 bits per heavy atom. The van der Waals surface area contributed by atoms with Gasteiger partial charge in [-0.3, -0.25) is 9.59 Å². The molecule has 0 spiro atoms. The van der Waals surface area contributed by atoms with Crippen LogP contribution in [-0.2, 0) is 4.74 Å². The van der Waals surface area contributed by atoms with Crippen LogP contribution in [0.5, 0.6) is 5.75 Å². The van der Waals surface area contributed by atoms with Gasteiger partial charge in [-0.2, -0.15) is 0 Å². The SMILES string of the molecule is CNC(=O)c1cc(C(=O)NC2CCOCC2)cc(C(C)c2ccccc2)c1OC. The molecule has 2 amide bonds. The van der Waals surface area contributed by atoms with Gasteiger partial charge in [-0.15, -0.1) is 0 Å². The summed E-state index contributed by atoms with van der Waals surface area (Å²) in [6, 6.07) is 13.5. The van der Waals surface area contributed by atoms with Crippen LogP contribution in [0.2, 0.25) is 0 Å². The first kappa shape index (κ1) is 20.9. The summed E-state index contributed by atoms with van der Waals surface area (Å²) in [7, 11) is 3.11. The minimum atomic E-state index is -0.288. The summed E-state index contributed by atoms with van der Waals surface area (Å²) in [5, 5.41) is 5.71. The summed E-state index contributed by atoms with van der Waals surface area (Å²) < 4.78 is 11.0. The highest BCUT2D eigenvalue weighted by Gasteiger charge is 2.24. The molecule has 1 heterocycles. The number of carbonyl (C=O) groups is 2. The minimum absolute atomic E-state index is 0.0506. The quantitative estimate of drug-likeness (QED) is 0.787. The van der Waals surface area contributed by atoms with E-state index in [1.807, 2.05) is 43.3 Å². The van der Waals surface area contributed by atoms with Crippen LogP contribution in [-0.4, -0.2) is 45.2 Å². The van der Waals surface area contributed by atoms with Gasteiger partial charge in [0.05, 0.1) is 12.7 Å². The molecule has 154 valence electrons. The van der Waals surface area contributed by atoms with Crippen molar-refractivity contribution >= 4 is 11.8 Å². The van der Waals surface area contributed by atoms with E-state index in [1.165, 1.54) is 0 Å². The zero-order valence-electron chi connectivity index (χ0n) is 17.2. The molecular weight excluding hydrogens is 368 g/mol. The van der Waals surface area contributed by atoms with Gasteiger partial charge in [0.2, 0.25) is 0 Å². The largest absolute Gasteiger partial charge is 0.496 e. The van der Waals surface area contributed by atoms with Crippen LogP contribution in [0.25, 0.3) is 0 Å². The molecule has 2 aromatic rings. The Morgan fingerprint density at radius 3 is 2.41 bits per heavy atom. The van der Waals surface area contributed by atoms with Gasteiger partial charge in [-0.05, 0) is 30.5 Å². The van der Waals surface area contributed by atoms with Crippen LogP contribution in [0, 0.1) is 0 Å². The second-order valence-corrected chi connectivity index (χ2v) is 7.22. The number of hydrogen-bond acceptors (Lipinski definition) is 4. The number of carbonyl (C=O) groups excluding carboxylic acids is 2. The van der Waals surface area contributed by atoms with Gasteiger partial charge in [0.25, 0.3) is 11.8 Å². The van der Waals surface area contributed by atoms with Crippen LogP contribution in [0.3, 0.4) is 0 Å². The molecule has 0 saturated carbocycles. The molecular formula is C23H28N2O4. The van der Waals surface area contributed by atoms with E-state index in [0.29, 0.717) is 30.1 Å². The molecule has 1 saturated heterocycles. The fraction of sp³-hybridized carbons (Fsp3) is 0.391. The van der Waals surface area contributed by atoms with Crippen LogP contribution in [0.4, 0.5) is 0 Å². The van der Waals surface area contributed by atoms with Crippen molar-refractivity contribution in [1.82, 2.24) is 10.6 Å². The molecule has 6 nitrogen and oxygen atoms in total. The fourth-order valence-electron chi connectivity index (χ4n) is 3.67. The number of ether oxygens (including phenoxy) is 2. The lowest BCUT2D eigenvalue weighted by Gasteiger charge is -2.24. The summed E-state index contributed by atoms with van der Waals surface area (Å²) in [6.07, 6.45) is 1.58. The van der Waals surface area contributed by atoms with Gasteiger partial charge in [-0.25, -0.2) is 0 Å². The molecule has 1 unspecified atom stereocenters. The third kappa shape index (κ3) is 4.77. The average molecular weight is 396 g/mol. The lowest BCUT2D eigenvalue weighted by atomic mass is 9.89. The van der Waals surface area contributed by atoms with E-state index >= 15 is 0 Å². The molecule has 2 N–H and O–H groups in total. The van der Waals surface area contributed by atoms with Gasteiger partial charge >= 0.3 is 0 Å². The first-order chi connectivity index (χ1) is 14.0. The Labute approximate surface area is 171 Å². The highest BCUT2D eigenvalue weighted by atomic mass is 16.5. The van der Waals surface area contributed by atoms with Crippen LogP contribution >= 0.6 is 0 Å². The Hall–Kier alpha value is -2.86. The number of methoxy groups -OCH3 is 1. The molecule has 0 radical (unpaired) electrons. The van der Waals surface area contributed by atoms with E-state index in [1.54, 1.807) is 20.2 Å². The van der Waals surface area contributed by atoms with Crippen molar-refractivity contribution < 1.29 is 19.1 Å². The first-order valence-electron chi connectivity index (χ1n) is 9.92. The molecule has 0 bridgehead atoms. The average Bonchev–Trinajstić information content (AvgIpc) is 2.78. The monoisotopic (exact) mass is 396 g/mol. The molecule has 0 aromatic heterocycles. The van der Waals surface area contributed by atoms with E-state index in [9.17, 15) is 9.59 Å². The predicted molar refractivity (Wildman–Crippen MR) is 112 cm³/mol. The van der Waals surface area contributed by atoms with Crippen molar-refractivity contribution in [2.75, 3.05) is 27.4 Å². The Morgan fingerprint density at radius 1 is 1.10 bits per heavy atom. The third-order valence-electron chi connectivity index (χ3n) is 5.38.